The van der Waals surface area contributed by atoms with Crippen LogP contribution in [0, 0.1) is 0 Å². The fourth-order valence-electron chi connectivity index (χ4n) is 5.39. The number of sulfonamides is 1. The number of nitrogens with zero attached hydrogens (tertiary/aromatic N) is 4. The molecule has 11 nitrogen and oxygen atoms in total. The molecular weight excluding hydrogens is 564 g/mol. The van der Waals surface area contributed by atoms with E-state index >= 15 is 0 Å². The molecule has 39 heavy (non-hydrogen) atoms. The Kier molecular flexibility index (Phi) is 6.74. The lowest BCUT2D eigenvalue weighted by atomic mass is 10.1. The molecule has 3 amide bonds. The molecule has 0 saturated carbocycles. The molecule has 2 N–H and O–H groups in total. The van der Waals surface area contributed by atoms with Gasteiger partial charge in [0.2, 0.25) is 11.8 Å². The number of thiazole rings is 1. The zero-order chi connectivity index (χ0) is 27.5. The van der Waals surface area contributed by atoms with Crippen molar-refractivity contribution in [1.29, 1.82) is 0 Å². The molecule has 2 fully saturated rings. The number of imide groups is 1. The van der Waals surface area contributed by atoms with Crippen LogP contribution in [0.4, 0.5) is 0 Å². The van der Waals surface area contributed by atoms with E-state index in [4.69, 9.17) is 11.6 Å². The van der Waals surface area contributed by atoms with Gasteiger partial charge in [-0.05, 0) is 31.2 Å². The van der Waals surface area contributed by atoms with E-state index in [1.807, 2.05) is 0 Å². The standard InChI is InChI=1S/C25H27ClN6O5S2/c1-14-8-19-20(11-27-14)38-24(29-19)25(35)31-7-6-30(12-17(31)13-32-22(33)4-5-23(32)34)39(36,37)21-10-15-9-16(26)2-3-18(15)28-21/h2-3,9-10,14,17,27-28H,4-8,11-13H2,1H3. The summed E-state index contributed by atoms with van der Waals surface area (Å²) in [5, 5.41) is 4.87. The first-order valence-electron chi connectivity index (χ1n) is 12.7. The molecule has 3 aliphatic heterocycles. The monoisotopic (exact) mass is 590 g/mol. The molecule has 0 radical (unpaired) electrons. The van der Waals surface area contributed by atoms with Gasteiger partial charge in [-0.15, -0.1) is 11.3 Å². The van der Waals surface area contributed by atoms with Crippen LogP contribution in [0.25, 0.3) is 10.9 Å². The zero-order valence-electron chi connectivity index (χ0n) is 21.1. The quantitative estimate of drug-likeness (QED) is 0.434. The van der Waals surface area contributed by atoms with Gasteiger partial charge in [-0.3, -0.25) is 19.3 Å². The number of aromatic amines is 1. The summed E-state index contributed by atoms with van der Waals surface area (Å²) in [5.41, 5.74) is 1.53. The van der Waals surface area contributed by atoms with E-state index in [1.165, 1.54) is 21.7 Å². The maximum absolute atomic E-state index is 13.7. The smallest absolute Gasteiger partial charge is 0.283 e. The van der Waals surface area contributed by atoms with Crippen LogP contribution in [0.2, 0.25) is 5.02 Å². The van der Waals surface area contributed by atoms with Crippen molar-refractivity contribution in [1.82, 2.24) is 29.4 Å². The molecule has 0 aliphatic carbocycles. The van der Waals surface area contributed by atoms with E-state index in [9.17, 15) is 22.8 Å². The van der Waals surface area contributed by atoms with Gasteiger partial charge in [-0.25, -0.2) is 13.4 Å². The Balaban J connectivity index is 1.29. The van der Waals surface area contributed by atoms with Gasteiger partial charge in [0.05, 0.1) is 18.3 Å². The van der Waals surface area contributed by atoms with Crippen molar-refractivity contribution in [3.63, 3.8) is 0 Å². The highest BCUT2D eigenvalue weighted by molar-refractivity contribution is 7.89. The Morgan fingerprint density at radius 1 is 1.18 bits per heavy atom. The highest BCUT2D eigenvalue weighted by atomic mass is 35.5. The van der Waals surface area contributed by atoms with Crippen molar-refractivity contribution >= 4 is 61.6 Å². The molecule has 2 aromatic heterocycles. The Morgan fingerprint density at radius 3 is 2.72 bits per heavy atom. The number of nitrogens with one attached hydrogen (secondary N) is 2. The molecule has 14 heteroatoms. The lowest BCUT2D eigenvalue weighted by Gasteiger charge is -2.41. The lowest BCUT2D eigenvalue weighted by Crippen LogP contribution is -2.60. The van der Waals surface area contributed by atoms with Crippen LogP contribution in [-0.2, 0) is 32.6 Å². The average molecular weight is 591 g/mol. The molecular formula is C25H27ClN6O5S2. The first kappa shape index (κ1) is 26.4. The summed E-state index contributed by atoms with van der Waals surface area (Å²) in [7, 11) is -3.97. The second-order valence-corrected chi connectivity index (χ2v) is 13.6. The molecule has 0 spiro atoms. The van der Waals surface area contributed by atoms with Crippen molar-refractivity contribution in [2.24, 2.45) is 0 Å². The molecule has 206 valence electrons. The fourth-order valence-corrected chi connectivity index (χ4v) is 8.05. The fraction of sp³-hybridized carbons (Fsp3) is 0.440. The number of halogens is 1. The molecule has 0 bridgehead atoms. The second-order valence-electron chi connectivity index (χ2n) is 10.2. The van der Waals surface area contributed by atoms with E-state index in [1.54, 1.807) is 23.1 Å². The maximum Gasteiger partial charge on any atom is 0.283 e. The molecule has 6 rings (SSSR count). The van der Waals surface area contributed by atoms with Gasteiger partial charge in [0.25, 0.3) is 15.9 Å². The number of aromatic nitrogens is 2. The van der Waals surface area contributed by atoms with Gasteiger partial charge in [-0.1, -0.05) is 11.6 Å². The van der Waals surface area contributed by atoms with E-state index in [-0.39, 0.29) is 67.8 Å². The number of carbonyl (C=O) groups is 3. The van der Waals surface area contributed by atoms with Gasteiger partial charge in [-0.2, -0.15) is 4.31 Å². The minimum absolute atomic E-state index is 0.0147. The number of hydrogen-bond donors (Lipinski definition) is 2. The lowest BCUT2D eigenvalue weighted by molar-refractivity contribution is -0.139. The normalized spacial score (nSPS) is 22.6. The topological polar surface area (TPSA) is 136 Å². The van der Waals surface area contributed by atoms with Crippen LogP contribution >= 0.6 is 22.9 Å². The van der Waals surface area contributed by atoms with Crippen molar-refractivity contribution in [3.8, 4) is 0 Å². The average Bonchev–Trinajstić information content (AvgIpc) is 3.61. The minimum atomic E-state index is -3.97. The largest absolute Gasteiger partial charge is 0.345 e. The van der Waals surface area contributed by atoms with E-state index < -0.39 is 16.1 Å². The number of rotatable bonds is 5. The van der Waals surface area contributed by atoms with Gasteiger partial charge in [0.1, 0.15) is 5.03 Å². The summed E-state index contributed by atoms with van der Waals surface area (Å²) in [6.45, 7) is 2.73. The number of fused-ring (bicyclic) bond motifs is 2. The Labute approximate surface area is 234 Å². The number of likely N-dealkylation sites (tertiary alicyclic amines) is 1. The second kappa shape index (κ2) is 9.97. The molecule has 2 atom stereocenters. The van der Waals surface area contributed by atoms with Crippen molar-refractivity contribution in [2.45, 2.75) is 49.8 Å². The molecule has 1 aromatic carbocycles. The van der Waals surface area contributed by atoms with Gasteiger partial charge in [0.15, 0.2) is 5.01 Å². The number of piperazine rings is 1. The van der Waals surface area contributed by atoms with Gasteiger partial charge in [0, 0.05) is 72.3 Å². The molecule has 3 aliphatic rings. The van der Waals surface area contributed by atoms with Crippen molar-refractivity contribution in [3.05, 3.63) is 44.9 Å². The SMILES string of the molecule is CC1Cc2nc(C(=O)N3CCN(S(=O)(=O)c4cc5cc(Cl)ccc5[nH]4)CC3CN3C(=O)CCC3=O)sc2CN1. The molecule has 3 aromatic rings. The Hall–Kier alpha value is -2.84. The Morgan fingerprint density at radius 2 is 1.95 bits per heavy atom. The van der Waals surface area contributed by atoms with Crippen LogP contribution in [-0.4, -0.2) is 88.5 Å². The third-order valence-electron chi connectivity index (χ3n) is 7.50. The van der Waals surface area contributed by atoms with E-state index in [0.29, 0.717) is 27.5 Å². The van der Waals surface area contributed by atoms with Gasteiger partial charge >= 0.3 is 0 Å². The number of hydrogen-bond acceptors (Lipinski definition) is 8. The molecule has 5 heterocycles. The Bertz CT molecular complexity index is 1590. The summed E-state index contributed by atoms with van der Waals surface area (Å²) < 4.78 is 28.6. The molecule has 2 unspecified atom stereocenters. The highest BCUT2D eigenvalue weighted by Crippen LogP contribution is 2.29. The number of carbonyl (C=O) groups excluding carboxylic acids is 3. The van der Waals surface area contributed by atoms with E-state index in [2.05, 4.69) is 22.2 Å². The summed E-state index contributed by atoms with van der Waals surface area (Å²) in [5.74, 6) is -0.947. The summed E-state index contributed by atoms with van der Waals surface area (Å²) in [6.07, 6.45) is 0.952. The third-order valence-corrected chi connectivity index (χ3v) is 10.6. The predicted molar refractivity (Wildman–Crippen MR) is 145 cm³/mol. The van der Waals surface area contributed by atoms with Gasteiger partial charge < -0.3 is 15.2 Å². The highest BCUT2D eigenvalue weighted by Gasteiger charge is 2.41. The number of benzene rings is 1. The minimum Gasteiger partial charge on any atom is -0.345 e. The summed E-state index contributed by atoms with van der Waals surface area (Å²) >= 11 is 7.40. The van der Waals surface area contributed by atoms with Crippen LogP contribution < -0.4 is 5.32 Å². The van der Waals surface area contributed by atoms with Crippen molar-refractivity contribution in [2.75, 3.05) is 26.2 Å². The maximum atomic E-state index is 13.7. The van der Waals surface area contributed by atoms with Crippen LogP contribution in [0.1, 0.15) is 40.1 Å². The van der Waals surface area contributed by atoms with Crippen LogP contribution in [0.3, 0.4) is 0 Å². The van der Waals surface area contributed by atoms with E-state index in [0.717, 1.165) is 21.9 Å². The number of amides is 3. The first-order valence-corrected chi connectivity index (χ1v) is 15.4. The first-order chi connectivity index (χ1) is 18.6. The summed E-state index contributed by atoms with van der Waals surface area (Å²) in [6, 6.07) is 6.14. The third kappa shape index (κ3) is 4.86. The number of H-pyrrole nitrogens is 1. The zero-order valence-corrected chi connectivity index (χ0v) is 23.5. The van der Waals surface area contributed by atoms with Crippen LogP contribution in [0.5, 0.6) is 0 Å². The van der Waals surface area contributed by atoms with Crippen LogP contribution in [0.15, 0.2) is 29.3 Å². The molecule has 2 saturated heterocycles. The predicted octanol–water partition coefficient (Wildman–Crippen LogP) is 1.98. The summed E-state index contributed by atoms with van der Waals surface area (Å²) in [4.78, 5) is 49.8. The van der Waals surface area contributed by atoms with Crippen molar-refractivity contribution < 1.29 is 22.8 Å².